The van der Waals surface area contributed by atoms with Crippen LogP contribution in [0.15, 0.2) is 18.2 Å². The lowest BCUT2D eigenvalue weighted by atomic mass is 10.1. The molecule has 1 N–H and O–H groups in total. The van der Waals surface area contributed by atoms with Gasteiger partial charge in [0.05, 0.1) is 5.02 Å². The molecule has 0 bridgehead atoms. The van der Waals surface area contributed by atoms with Crippen molar-refractivity contribution in [3.8, 4) is 0 Å². The average molecular weight is 299 g/mol. The van der Waals surface area contributed by atoms with Gasteiger partial charge >= 0.3 is 0 Å². The first-order valence-electron chi connectivity index (χ1n) is 7.47. The first-order chi connectivity index (χ1) is 9.56. The van der Waals surface area contributed by atoms with Gasteiger partial charge in [0.15, 0.2) is 0 Å². The summed E-state index contributed by atoms with van der Waals surface area (Å²) in [5.41, 5.74) is 1.03. The van der Waals surface area contributed by atoms with Crippen LogP contribution in [0.25, 0.3) is 0 Å². The third-order valence-corrected chi connectivity index (χ3v) is 4.27. The smallest absolute Gasteiger partial charge is 0.141 e. The van der Waals surface area contributed by atoms with E-state index in [0.29, 0.717) is 5.92 Å². The van der Waals surface area contributed by atoms with Crippen LogP contribution in [-0.4, -0.2) is 31.1 Å². The minimum absolute atomic E-state index is 0.189. The van der Waals surface area contributed by atoms with Crippen molar-refractivity contribution < 1.29 is 4.39 Å². The number of hydrogen-bond acceptors (Lipinski definition) is 2. The van der Waals surface area contributed by atoms with Crippen molar-refractivity contribution in [3.63, 3.8) is 0 Å². The second kappa shape index (κ2) is 7.39. The first-order valence-corrected chi connectivity index (χ1v) is 7.84. The predicted octanol–water partition coefficient (Wildman–Crippen LogP) is 3.86. The van der Waals surface area contributed by atoms with Crippen LogP contribution in [0.4, 0.5) is 4.39 Å². The van der Waals surface area contributed by atoms with E-state index in [1.807, 2.05) is 0 Å². The van der Waals surface area contributed by atoms with Crippen LogP contribution in [0.3, 0.4) is 0 Å². The zero-order valence-corrected chi connectivity index (χ0v) is 13.1. The van der Waals surface area contributed by atoms with Crippen LogP contribution in [-0.2, 0) is 0 Å². The number of hydrogen-bond donors (Lipinski definition) is 1. The van der Waals surface area contributed by atoms with Crippen molar-refractivity contribution in [3.05, 3.63) is 34.6 Å². The van der Waals surface area contributed by atoms with Crippen molar-refractivity contribution in [1.82, 2.24) is 10.2 Å². The van der Waals surface area contributed by atoms with Gasteiger partial charge in [-0.2, -0.15) is 0 Å². The van der Waals surface area contributed by atoms with E-state index >= 15 is 0 Å². The highest BCUT2D eigenvalue weighted by Crippen LogP contribution is 2.21. The summed E-state index contributed by atoms with van der Waals surface area (Å²) in [6.45, 7) is 8.97. The average Bonchev–Trinajstić information content (AvgIpc) is 2.92. The summed E-state index contributed by atoms with van der Waals surface area (Å²) in [6, 6.07) is 5.13. The van der Waals surface area contributed by atoms with Crippen LogP contribution in [0.1, 0.15) is 38.3 Å². The minimum Gasteiger partial charge on any atom is -0.310 e. The Labute approximate surface area is 126 Å². The van der Waals surface area contributed by atoms with Crippen molar-refractivity contribution in [2.24, 2.45) is 5.92 Å². The SMILES string of the molecule is CC(CNC(C)c1ccc(F)c(Cl)c1)CN1CCCC1. The van der Waals surface area contributed by atoms with Gasteiger partial charge in [0, 0.05) is 12.6 Å². The third-order valence-electron chi connectivity index (χ3n) is 3.98. The van der Waals surface area contributed by atoms with Gasteiger partial charge in [-0.05, 0) is 63.0 Å². The van der Waals surface area contributed by atoms with E-state index in [-0.39, 0.29) is 16.9 Å². The zero-order chi connectivity index (χ0) is 14.5. The standard InChI is InChI=1S/C16H24ClFN2/c1-12(11-20-7-3-4-8-20)10-19-13(2)14-5-6-16(18)15(17)9-14/h5-6,9,12-13,19H,3-4,7-8,10-11H2,1-2H3. The summed E-state index contributed by atoms with van der Waals surface area (Å²) in [6.07, 6.45) is 2.68. The molecule has 0 saturated carbocycles. The van der Waals surface area contributed by atoms with E-state index in [0.717, 1.165) is 18.7 Å². The molecule has 1 fully saturated rings. The van der Waals surface area contributed by atoms with Crippen LogP contribution in [0.2, 0.25) is 5.02 Å². The Morgan fingerprint density at radius 1 is 1.30 bits per heavy atom. The normalized spacial score (nSPS) is 19.2. The molecule has 1 heterocycles. The van der Waals surface area contributed by atoms with Crippen LogP contribution in [0, 0.1) is 11.7 Å². The van der Waals surface area contributed by atoms with E-state index in [1.54, 1.807) is 12.1 Å². The van der Waals surface area contributed by atoms with E-state index in [4.69, 9.17) is 11.6 Å². The van der Waals surface area contributed by atoms with E-state index in [2.05, 4.69) is 24.1 Å². The number of rotatable bonds is 6. The quantitative estimate of drug-likeness (QED) is 0.858. The van der Waals surface area contributed by atoms with Crippen molar-refractivity contribution >= 4 is 11.6 Å². The summed E-state index contributed by atoms with van der Waals surface area (Å²) in [4.78, 5) is 2.53. The highest BCUT2D eigenvalue weighted by atomic mass is 35.5. The lowest BCUT2D eigenvalue weighted by molar-refractivity contribution is 0.279. The van der Waals surface area contributed by atoms with Gasteiger partial charge < -0.3 is 10.2 Å². The molecule has 1 aliphatic heterocycles. The number of nitrogens with zero attached hydrogens (tertiary/aromatic N) is 1. The van der Waals surface area contributed by atoms with Gasteiger partial charge in [-0.3, -0.25) is 0 Å². The molecule has 0 amide bonds. The maximum Gasteiger partial charge on any atom is 0.141 e. The molecule has 2 unspecified atom stereocenters. The van der Waals surface area contributed by atoms with Gasteiger partial charge in [-0.1, -0.05) is 24.6 Å². The van der Waals surface area contributed by atoms with Gasteiger partial charge in [-0.15, -0.1) is 0 Å². The lowest BCUT2D eigenvalue weighted by Crippen LogP contribution is -2.32. The fourth-order valence-corrected chi connectivity index (χ4v) is 2.94. The molecule has 4 heteroatoms. The molecule has 0 aromatic heterocycles. The summed E-state index contributed by atoms with van der Waals surface area (Å²) in [5.74, 6) is 0.261. The Balaban J connectivity index is 1.78. The molecule has 1 saturated heterocycles. The Kier molecular flexibility index (Phi) is 5.82. The van der Waals surface area contributed by atoms with Crippen LogP contribution >= 0.6 is 11.6 Å². The number of nitrogens with one attached hydrogen (secondary N) is 1. The monoisotopic (exact) mass is 298 g/mol. The number of halogens is 2. The molecule has 1 aromatic rings. The molecular weight excluding hydrogens is 275 g/mol. The largest absolute Gasteiger partial charge is 0.310 e. The Morgan fingerprint density at radius 3 is 2.65 bits per heavy atom. The Bertz CT molecular complexity index is 432. The Hall–Kier alpha value is -0.640. The van der Waals surface area contributed by atoms with Gasteiger partial charge in [-0.25, -0.2) is 4.39 Å². The highest BCUT2D eigenvalue weighted by Gasteiger charge is 2.15. The number of likely N-dealkylation sites (tertiary alicyclic amines) is 1. The molecule has 1 aliphatic rings. The summed E-state index contributed by atoms with van der Waals surface area (Å²) >= 11 is 5.82. The Morgan fingerprint density at radius 2 is 2.00 bits per heavy atom. The van der Waals surface area contributed by atoms with Crippen molar-refractivity contribution in [2.45, 2.75) is 32.7 Å². The molecule has 2 nitrogen and oxygen atoms in total. The van der Waals surface area contributed by atoms with Gasteiger partial charge in [0.2, 0.25) is 0 Å². The highest BCUT2D eigenvalue weighted by molar-refractivity contribution is 6.30. The molecule has 0 radical (unpaired) electrons. The third kappa shape index (κ3) is 4.44. The number of benzene rings is 1. The topological polar surface area (TPSA) is 15.3 Å². The van der Waals surface area contributed by atoms with E-state index in [9.17, 15) is 4.39 Å². The molecule has 0 aliphatic carbocycles. The zero-order valence-electron chi connectivity index (χ0n) is 12.3. The van der Waals surface area contributed by atoms with Gasteiger partial charge in [0.1, 0.15) is 5.82 Å². The van der Waals surface area contributed by atoms with Crippen molar-refractivity contribution in [2.75, 3.05) is 26.2 Å². The lowest BCUT2D eigenvalue weighted by Gasteiger charge is -2.22. The molecule has 112 valence electrons. The fraction of sp³-hybridized carbons (Fsp3) is 0.625. The second-order valence-electron chi connectivity index (χ2n) is 5.92. The molecular formula is C16H24ClFN2. The van der Waals surface area contributed by atoms with Crippen LogP contribution in [0.5, 0.6) is 0 Å². The summed E-state index contributed by atoms with van der Waals surface area (Å²) in [5, 5.41) is 3.71. The van der Waals surface area contributed by atoms with Crippen LogP contribution < -0.4 is 5.32 Å². The molecule has 0 spiro atoms. The maximum absolute atomic E-state index is 13.1. The first kappa shape index (κ1) is 15.7. The van der Waals surface area contributed by atoms with Gasteiger partial charge in [0.25, 0.3) is 0 Å². The maximum atomic E-state index is 13.1. The minimum atomic E-state index is -0.356. The fourth-order valence-electron chi connectivity index (χ4n) is 2.75. The van der Waals surface area contributed by atoms with E-state index < -0.39 is 0 Å². The predicted molar refractivity (Wildman–Crippen MR) is 82.7 cm³/mol. The molecule has 2 atom stereocenters. The van der Waals surface area contributed by atoms with E-state index in [1.165, 1.54) is 32.0 Å². The summed E-state index contributed by atoms with van der Waals surface area (Å²) < 4.78 is 13.1. The second-order valence-corrected chi connectivity index (χ2v) is 6.32. The molecule has 1 aromatic carbocycles. The molecule has 2 rings (SSSR count). The molecule has 20 heavy (non-hydrogen) atoms. The summed E-state index contributed by atoms with van der Waals surface area (Å²) in [7, 11) is 0. The van der Waals surface area contributed by atoms with Crippen molar-refractivity contribution in [1.29, 1.82) is 0 Å².